The van der Waals surface area contributed by atoms with E-state index in [-0.39, 0.29) is 64.1 Å². The Labute approximate surface area is 233 Å². The molecule has 4 atom stereocenters. The second-order valence-corrected chi connectivity index (χ2v) is 11.2. The van der Waals surface area contributed by atoms with Gasteiger partial charge in [-0.3, -0.25) is 28.9 Å². The lowest BCUT2D eigenvalue weighted by molar-refractivity contribution is -0.141. The lowest BCUT2D eigenvalue weighted by atomic mass is 9.59. The molecule has 0 bridgehead atoms. The normalized spacial score (nSPS) is 26.2. The van der Waals surface area contributed by atoms with Crippen molar-refractivity contribution >= 4 is 45.3 Å². The van der Waals surface area contributed by atoms with Gasteiger partial charge in [-0.25, -0.2) is 0 Å². The van der Waals surface area contributed by atoms with E-state index in [2.05, 4.69) is 15.9 Å². The highest BCUT2D eigenvalue weighted by molar-refractivity contribution is 9.12. The zero-order chi connectivity index (χ0) is 28.0. The van der Waals surface area contributed by atoms with Gasteiger partial charge in [-0.2, -0.15) is 0 Å². The minimum absolute atomic E-state index is 0.0369. The number of allylic oxidation sites excluding steroid dienone is 6. The fourth-order valence-electron chi connectivity index (χ4n) is 6.46. The average molecular weight is 598 g/mol. The highest BCUT2D eigenvalue weighted by Gasteiger charge is 2.56. The van der Waals surface area contributed by atoms with Crippen LogP contribution in [0, 0.1) is 17.8 Å². The Morgan fingerprint density at radius 1 is 1.10 bits per heavy atom. The smallest absolute Gasteiger partial charge is 0.303 e. The number of methoxy groups -OCH3 is 1. The maximum atomic E-state index is 13.7. The summed E-state index contributed by atoms with van der Waals surface area (Å²) in [6, 6.07) is 4.70. The van der Waals surface area contributed by atoms with Gasteiger partial charge < -0.3 is 14.9 Å². The number of ether oxygens (including phenoxy) is 1. The van der Waals surface area contributed by atoms with Crippen LogP contribution in [0.1, 0.15) is 50.0 Å². The lowest BCUT2D eigenvalue weighted by Gasteiger charge is -2.42. The van der Waals surface area contributed by atoms with Crippen LogP contribution in [-0.4, -0.2) is 58.1 Å². The maximum absolute atomic E-state index is 13.7. The third kappa shape index (κ3) is 4.64. The summed E-state index contributed by atoms with van der Waals surface area (Å²) in [5.74, 6) is -4.26. The molecular formula is C29H28BrNO8. The van der Waals surface area contributed by atoms with Crippen LogP contribution in [0.3, 0.4) is 0 Å². The molecule has 2 N–H and O–H groups in total. The van der Waals surface area contributed by atoms with Crippen LogP contribution >= 0.6 is 15.9 Å². The molecule has 1 fully saturated rings. The predicted octanol–water partition coefficient (Wildman–Crippen LogP) is 3.81. The van der Waals surface area contributed by atoms with Gasteiger partial charge in [-0.05, 0) is 65.7 Å². The molecule has 1 saturated heterocycles. The summed E-state index contributed by atoms with van der Waals surface area (Å²) in [7, 11) is 1.49. The zero-order valence-corrected chi connectivity index (χ0v) is 22.9. The summed E-state index contributed by atoms with van der Waals surface area (Å²) in [5.41, 5.74) is 1.71. The van der Waals surface area contributed by atoms with Crippen LogP contribution in [0.15, 0.2) is 51.6 Å². The van der Waals surface area contributed by atoms with Gasteiger partial charge in [0.25, 0.3) is 0 Å². The van der Waals surface area contributed by atoms with Crippen LogP contribution in [0.25, 0.3) is 0 Å². The first-order valence-corrected chi connectivity index (χ1v) is 13.8. The fourth-order valence-corrected chi connectivity index (χ4v) is 6.91. The topological polar surface area (TPSA) is 138 Å². The average Bonchev–Trinajstić information content (AvgIpc) is 3.15. The molecule has 1 aromatic rings. The fraction of sp³-hybridized carbons (Fsp3) is 0.414. The summed E-state index contributed by atoms with van der Waals surface area (Å²) >= 11 is 3.20. The molecule has 5 rings (SSSR count). The number of aliphatic carboxylic acids is 1. The monoisotopic (exact) mass is 597 g/mol. The van der Waals surface area contributed by atoms with Crippen molar-refractivity contribution in [3.63, 3.8) is 0 Å². The zero-order valence-electron chi connectivity index (χ0n) is 21.3. The van der Waals surface area contributed by atoms with Gasteiger partial charge >= 0.3 is 5.97 Å². The first-order chi connectivity index (χ1) is 18.6. The molecule has 0 radical (unpaired) electrons. The highest BCUT2D eigenvalue weighted by Crippen LogP contribution is 2.56. The van der Waals surface area contributed by atoms with Crippen LogP contribution in [-0.2, 0) is 24.0 Å². The number of likely N-dealkylation sites (tertiary alicyclic amines) is 1. The molecule has 0 aromatic heterocycles. The molecule has 1 aliphatic heterocycles. The van der Waals surface area contributed by atoms with Gasteiger partial charge in [0.2, 0.25) is 11.8 Å². The minimum atomic E-state index is -0.882. The number of carboxylic acids is 1. The van der Waals surface area contributed by atoms with E-state index in [0.717, 1.165) is 5.57 Å². The van der Waals surface area contributed by atoms with Crippen molar-refractivity contribution in [2.75, 3.05) is 13.7 Å². The van der Waals surface area contributed by atoms with Crippen molar-refractivity contribution in [2.45, 2.75) is 44.4 Å². The Morgan fingerprint density at radius 2 is 1.87 bits per heavy atom. The molecular weight excluding hydrogens is 570 g/mol. The number of Topliss-reactive ketones (excluding diaryl/α,β-unsaturated/α-hetero) is 1. The number of phenolic OH excluding ortho intramolecular Hbond substituents is 1. The number of carboxylic acid groups (broad SMARTS) is 1. The van der Waals surface area contributed by atoms with Crippen molar-refractivity contribution in [3.05, 3.63) is 57.1 Å². The molecule has 0 spiro atoms. The Kier molecular flexibility index (Phi) is 7.33. The SMILES string of the molecule is COc1ccc(O)c(C2C3=CCC4C(=O)N(CCCCCC(=O)O)C(=O)C4C3CC3=C2C(=O)C=C(Br)C3=O)c1. The molecule has 204 valence electrons. The summed E-state index contributed by atoms with van der Waals surface area (Å²) in [6.07, 6.45) is 5.18. The first kappa shape index (κ1) is 27.1. The van der Waals surface area contributed by atoms with Crippen LogP contribution in [0.2, 0.25) is 0 Å². The van der Waals surface area contributed by atoms with E-state index in [1.54, 1.807) is 12.1 Å². The second-order valence-electron chi connectivity index (χ2n) is 10.4. The number of amides is 2. The van der Waals surface area contributed by atoms with Gasteiger partial charge in [-0.1, -0.05) is 18.1 Å². The number of unbranched alkanes of at least 4 members (excludes halogenated alkanes) is 2. The third-order valence-electron chi connectivity index (χ3n) is 8.24. The van der Waals surface area contributed by atoms with Crippen LogP contribution < -0.4 is 4.74 Å². The van der Waals surface area contributed by atoms with Crippen molar-refractivity contribution in [3.8, 4) is 11.5 Å². The molecule has 2 amide bonds. The quantitative estimate of drug-likeness (QED) is 0.200. The number of ketones is 2. The van der Waals surface area contributed by atoms with E-state index in [4.69, 9.17) is 9.84 Å². The van der Waals surface area contributed by atoms with Crippen LogP contribution in [0.4, 0.5) is 0 Å². The number of hydrogen-bond acceptors (Lipinski definition) is 7. The van der Waals surface area contributed by atoms with Crippen molar-refractivity contribution in [1.29, 1.82) is 0 Å². The molecule has 9 nitrogen and oxygen atoms in total. The number of aromatic hydroxyl groups is 1. The summed E-state index contributed by atoms with van der Waals surface area (Å²) in [4.78, 5) is 65.6. The number of fused-ring (bicyclic) bond motifs is 3. The van der Waals surface area contributed by atoms with Crippen molar-refractivity contribution in [1.82, 2.24) is 4.90 Å². The minimum Gasteiger partial charge on any atom is -0.508 e. The molecule has 0 saturated carbocycles. The largest absolute Gasteiger partial charge is 0.508 e. The summed E-state index contributed by atoms with van der Waals surface area (Å²) in [5, 5.41) is 19.7. The van der Waals surface area contributed by atoms with E-state index in [1.165, 1.54) is 24.2 Å². The second kappa shape index (κ2) is 10.6. The molecule has 4 aliphatic rings. The van der Waals surface area contributed by atoms with Crippen molar-refractivity contribution in [2.24, 2.45) is 17.8 Å². The van der Waals surface area contributed by atoms with Gasteiger partial charge in [0.15, 0.2) is 11.6 Å². The number of nitrogens with zero attached hydrogens (tertiary/aromatic N) is 1. The van der Waals surface area contributed by atoms with Crippen molar-refractivity contribution < 1.29 is 38.9 Å². The maximum Gasteiger partial charge on any atom is 0.303 e. The summed E-state index contributed by atoms with van der Waals surface area (Å²) in [6.45, 7) is 0.214. The Bertz CT molecular complexity index is 1390. The Hall–Kier alpha value is -3.53. The molecule has 39 heavy (non-hydrogen) atoms. The number of carbonyl (C=O) groups excluding carboxylic acids is 4. The molecule has 10 heteroatoms. The van der Waals surface area contributed by atoms with E-state index < -0.39 is 29.6 Å². The van der Waals surface area contributed by atoms with Crippen LogP contribution in [0.5, 0.6) is 11.5 Å². The molecule has 4 unspecified atom stereocenters. The van der Waals surface area contributed by atoms with Gasteiger partial charge in [0.1, 0.15) is 11.5 Å². The van der Waals surface area contributed by atoms with E-state index in [9.17, 15) is 29.1 Å². The Balaban J connectivity index is 1.52. The lowest BCUT2D eigenvalue weighted by Crippen LogP contribution is -2.39. The molecule has 3 aliphatic carbocycles. The van der Waals surface area contributed by atoms with Gasteiger partial charge in [-0.15, -0.1) is 0 Å². The number of hydrogen-bond donors (Lipinski definition) is 2. The molecule has 1 aromatic carbocycles. The van der Waals surface area contributed by atoms with E-state index in [0.29, 0.717) is 37.0 Å². The third-order valence-corrected chi connectivity index (χ3v) is 8.83. The molecule has 1 heterocycles. The van der Waals surface area contributed by atoms with Gasteiger partial charge in [0.05, 0.1) is 23.4 Å². The number of benzene rings is 1. The number of carbonyl (C=O) groups is 5. The Morgan fingerprint density at radius 3 is 2.59 bits per heavy atom. The summed E-state index contributed by atoms with van der Waals surface area (Å²) < 4.78 is 5.50. The van der Waals surface area contributed by atoms with Gasteiger partial charge in [0, 0.05) is 41.7 Å². The highest BCUT2D eigenvalue weighted by atomic mass is 79.9. The number of imide groups is 1. The number of rotatable bonds is 8. The number of halogens is 1. The standard InChI is InChI=1S/C29H28BrNO8/c1-39-14-6-9-21(32)18(11-14)24-15-7-8-16-25(17(15)12-19-26(24)22(33)13-20(30)27(19)36)29(38)31(28(16)37)10-4-2-3-5-23(34)35/h6-7,9,11,13,16-17,24-25,32H,2-5,8,10,12H2,1H3,(H,34,35). The number of phenols is 1. The van der Waals surface area contributed by atoms with E-state index in [1.807, 2.05) is 6.08 Å². The predicted molar refractivity (Wildman–Crippen MR) is 142 cm³/mol. The van der Waals surface area contributed by atoms with E-state index >= 15 is 0 Å². The first-order valence-electron chi connectivity index (χ1n) is 13.0.